The minimum Gasteiger partial charge on any atom is -0.495 e. The number of piperazine rings is 1. The molecule has 1 fully saturated rings. The predicted octanol–water partition coefficient (Wildman–Crippen LogP) is 6.04. The molecule has 4 rings (SSSR count). The van der Waals surface area contributed by atoms with Crippen molar-refractivity contribution in [1.82, 2.24) is 9.80 Å². The number of hydrogen-bond acceptors (Lipinski definition) is 8. The van der Waals surface area contributed by atoms with Crippen LogP contribution in [0.2, 0.25) is 0 Å². The molecule has 0 spiro atoms. The first-order valence-corrected chi connectivity index (χ1v) is 13.9. The zero-order valence-electron chi connectivity index (χ0n) is 23.5. The summed E-state index contributed by atoms with van der Waals surface area (Å²) in [5, 5.41) is 10.7. The van der Waals surface area contributed by atoms with Gasteiger partial charge in [0.2, 0.25) is 17.0 Å². The smallest absolute Gasteiger partial charge is 0.416 e. The fourth-order valence-electron chi connectivity index (χ4n) is 5.09. The Hall–Kier alpha value is -4.07. The zero-order valence-corrected chi connectivity index (χ0v) is 24.3. The quantitative estimate of drug-likeness (QED) is 0.177. The van der Waals surface area contributed by atoms with Crippen LogP contribution in [0.15, 0.2) is 58.2 Å². The van der Waals surface area contributed by atoms with E-state index in [-0.39, 0.29) is 34.7 Å². The van der Waals surface area contributed by atoms with Crippen molar-refractivity contribution in [3.8, 4) is 5.75 Å². The molecule has 9 nitrogen and oxygen atoms in total. The monoisotopic (exact) mass is 609 g/mol. The van der Waals surface area contributed by atoms with E-state index in [1.54, 1.807) is 19.1 Å². The summed E-state index contributed by atoms with van der Waals surface area (Å²) in [6.45, 7) is 8.60. The number of fused-ring (bicyclic) bond motifs is 1. The number of benzene rings is 1. The highest BCUT2D eigenvalue weighted by Gasteiger charge is 2.41. The van der Waals surface area contributed by atoms with Gasteiger partial charge in [-0.05, 0) is 44.2 Å². The molecule has 3 heterocycles. The third-order valence-electron chi connectivity index (χ3n) is 7.05. The van der Waals surface area contributed by atoms with E-state index in [4.69, 9.17) is 9.47 Å². The van der Waals surface area contributed by atoms with Gasteiger partial charge in [-0.3, -0.25) is 4.79 Å². The number of anilines is 1. The molecule has 0 radical (unpaired) electrons. The third kappa shape index (κ3) is 6.08. The van der Waals surface area contributed by atoms with Crippen molar-refractivity contribution in [1.29, 1.82) is 0 Å². The van der Waals surface area contributed by atoms with Gasteiger partial charge in [0.05, 0.1) is 37.9 Å². The van der Waals surface area contributed by atoms with Gasteiger partial charge in [-0.1, -0.05) is 6.58 Å². The normalized spacial score (nSPS) is 19.8. The number of guanidine groups is 1. The number of amidine groups is 1. The highest BCUT2D eigenvalue weighted by Crippen LogP contribution is 2.47. The maximum atomic E-state index is 15.0. The Morgan fingerprint density at radius 1 is 1.31 bits per heavy atom. The van der Waals surface area contributed by atoms with Crippen molar-refractivity contribution in [2.45, 2.75) is 38.5 Å². The van der Waals surface area contributed by atoms with E-state index in [1.807, 2.05) is 16.7 Å². The van der Waals surface area contributed by atoms with Crippen LogP contribution in [0.3, 0.4) is 0 Å². The number of allylic oxidation sites excluding steroid dienone is 1. The molecule has 1 aromatic carbocycles. The van der Waals surface area contributed by atoms with Gasteiger partial charge in [-0.15, -0.1) is 11.3 Å². The molecule has 2 aliphatic heterocycles. The number of carboxylic acids is 1. The van der Waals surface area contributed by atoms with Crippen molar-refractivity contribution in [3.63, 3.8) is 0 Å². The minimum absolute atomic E-state index is 0.0234. The van der Waals surface area contributed by atoms with Crippen LogP contribution in [0.4, 0.5) is 28.9 Å². The zero-order chi connectivity index (χ0) is 30.8. The van der Waals surface area contributed by atoms with Crippen LogP contribution in [-0.4, -0.2) is 72.6 Å². The lowest BCUT2D eigenvalue weighted by atomic mass is 10.00. The van der Waals surface area contributed by atoms with E-state index in [9.17, 15) is 27.5 Å². The van der Waals surface area contributed by atoms with Gasteiger partial charge in [0.25, 0.3) is 0 Å². The van der Waals surface area contributed by atoms with Crippen molar-refractivity contribution in [2.75, 3.05) is 38.8 Å². The summed E-state index contributed by atoms with van der Waals surface area (Å²) in [4.78, 5) is 26.4. The van der Waals surface area contributed by atoms with E-state index >= 15 is 0 Å². The molecule has 1 aromatic heterocycles. The number of rotatable bonds is 7. The molecule has 2 aliphatic rings. The van der Waals surface area contributed by atoms with Gasteiger partial charge in [-0.25, -0.2) is 4.99 Å². The number of thiophene rings is 1. The van der Waals surface area contributed by atoms with Crippen LogP contribution in [0.5, 0.6) is 5.75 Å². The molecule has 226 valence electrons. The molecule has 2 atom stereocenters. The maximum absolute atomic E-state index is 15.0. The molecule has 0 amide bonds. The highest BCUT2D eigenvalue weighted by molar-refractivity contribution is 7.08. The minimum atomic E-state index is -4.68. The average Bonchev–Trinajstić information content (AvgIpc) is 3.33. The highest BCUT2D eigenvalue weighted by atomic mass is 32.1. The number of carboxylic acid groups (broad SMARTS) is 1. The van der Waals surface area contributed by atoms with Gasteiger partial charge in [-0.2, -0.15) is 22.6 Å². The number of aliphatic carboxylic acids is 1. The summed E-state index contributed by atoms with van der Waals surface area (Å²) in [7, 11) is 2.81. The number of ether oxygens (including phenoxy) is 2. The maximum Gasteiger partial charge on any atom is 0.416 e. The van der Waals surface area contributed by atoms with Crippen LogP contribution in [0.1, 0.15) is 37.4 Å². The summed E-state index contributed by atoms with van der Waals surface area (Å²) in [6, 6.07) is 1.72. The number of methoxy groups -OCH3 is 2. The van der Waals surface area contributed by atoms with E-state index in [2.05, 4.69) is 16.6 Å². The first-order chi connectivity index (χ1) is 19.9. The number of alkyl halides is 3. The first kappa shape index (κ1) is 30.9. The fraction of sp³-hybridized carbons (Fsp3) is 0.393. The first-order valence-electron chi connectivity index (χ1n) is 13.0. The second-order valence-corrected chi connectivity index (χ2v) is 10.4. The van der Waals surface area contributed by atoms with Gasteiger partial charge < -0.3 is 29.3 Å². The average molecular weight is 610 g/mol. The lowest BCUT2D eigenvalue weighted by molar-refractivity contribution is -0.138. The van der Waals surface area contributed by atoms with Crippen molar-refractivity contribution in [3.05, 3.63) is 64.5 Å². The van der Waals surface area contributed by atoms with Crippen LogP contribution in [0, 0.1) is 5.13 Å². The predicted molar refractivity (Wildman–Crippen MR) is 153 cm³/mol. The lowest BCUT2D eigenvalue weighted by Gasteiger charge is -2.47. The van der Waals surface area contributed by atoms with Gasteiger partial charge in [0, 0.05) is 36.6 Å². The summed E-state index contributed by atoms with van der Waals surface area (Å²) in [5.74, 6) is -0.0440. The molecule has 1 N–H and O–H groups in total. The number of carbonyl (C=O) groups is 1. The molecule has 1 saturated heterocycles. The lowest BCUT2D eigenvalue weighted by Crippen LogP contribution is -2.59. The molecule has 2 aromatic rings. The molecular formula is C28H31F4N5O4S. The van der Waals surface area contributed by atoms with Gasteiger partial charge in [0.1, 0.15) is 17.3 Å². The molecule has 14 heteroatoms. The molecule has 0 saturated carbocycles. The molecule has 0 aliphatic carbocycles. The Balaban J connectivity index is 1.83. The van der Waals surface area contributed by atoms with Crippen LogP contribution in [-0.2, 0) is 15.7 Å². The Morgan fingerprint density at radius 3 is 2.62 bits per heavy atom. The molecule has 0 bridgehead atoms. The van der Waals surface area contributed by atoms with Gasteiger partial charge >= 0.3 is 12.1 Å². The topological polar surface area (TPSA) is 90.2 Å². The Kier molecular flexibility index (Phi) is 9.14. The van der Waals surface area contributed by atoms with Gasteiger partial charge in [0.15, 0.2) is 0 Å². The second-order valence-electron chi connectivity index (χ2n) is 9.59. The largest absolute Gasteiger partial charge is 0.495 e. The van der Waals surface area contributed by atoms with Crippen molar-refractivity contribution < 1.29 is 36.9 Å². The van der Waals surface area contributed by atoms with E-state index in [1.165, 1.54) is 30.6 Å². The van der Waals surface area contributed by atoms with Crippen molar-refractivity contribution in [2.24, 2.45) is 9.98 Å². The molecular weight excluding hydrogens is 578 g/mol. The number of aliphatic imine (C=N–C) groups is 2. The van der Waals surface area contributed by atoms with E-state index in [0.717, 1.165) is 23.5 Å². The standard InChI is InChI=1S/C28H31F4N5O4S/c1-6-22(33-23(7-2)41-5)36-11-10-35(14-16(36)3)27-34-25-18(15-42-26(25)29)19(13-24(38)39)37(27)20-12-17(28(30,31)32)8-9-21(20)40-4/h6-9,12,15-16,19H,1,10-11,13-14H2,2-5H3,(H,38,39)/b23-7+,33-22?/t16-,19-/m1/s1. The third-order valence-corrected chi connectivity index (χ3v) is 7.82. The number of nitrogens with zero attached hydrogens (tertiary/aromatic N) is 5. The Morgan fingerprint density at radius 2 is 2.05 bits per heavy atom. The van der Waals surface area contributed by atoms with Crippen LogP contribution < -0.4 is 9.64 Å². The Labute approximate surface area is 244 Å². The molecule has 42 heavy (non-hydrogen) atoms. The summed E-state index contributed by atoms with van der Waals surface area (Å²) < 4.78 is 67.2. The summed E-state index contributed by atoms with van der Waals surface area (Å²) >= 11 is 0.757. The fourth-order valence-corrected chi connectivity index (χ4v) is 5.86. The summed E-state index contributed by atoms with van der Waals surface area (Å²) in [5.41, 5.74) is -0.730. The van der Waals surface area contributed by atoms with Crippen LogP contribution in [0.25, 0.3) is 0 Å². The summed E-state index contributed by atoms with van der Waals surface area (Å²) in [6.07, 6.45) is -1.89. The van der Waals surface area contributed by atoms with Crippen LogP contribution >= 0.6 is 11.3 Å². The van der Waals surface area contributed by atoms with E-state index < -0.39 is 35.3 Å². The number of hydrogen-bond donors (Lipinski definition) is 1. The van der Waals surface area contributed by atoms with E-state index in [0.29, 0.717) is 31.4 Å². The Bertz CT molecular complexity index is 1440. The van der Waals surface area contributed by atoms with Crippen molar-refractivity contribution >= 4 is 40.5 Å². The number of halogens is 4. The second kappa shape index (κ2) is 12.4. The SMILES string of the molecule is C=CC(=N/C(=C\C)OC)N1CCN(C2=Nc3c(csc3F)[C@@H](CC(=O)O)N2c2cc(C(F)(F)F)ccc2OC)C[C@H]1C. The molecule has 0 unspecified atom stereocenters.